The Morgan fingerprint density at radius 3 is 2.31 bits per heavy atom. The smallest absolute Gasteiger partial charge is 0.353 e. The van der Waals surface area contributed by atoms with E-state index in [1.54, 1.807) is 11.5 Å². The quantitative estimate of drug-likeness (QED) is 0.349. The van der Waals surface area contributed by atoms with Gasteiger partial charge in [0.05, 0.1) is 10.3 Å². The van der Waals surface area contributed by atoms with Crippen molar-refractivity contribution in [3.8, 4) is 0 Å². The second-order valence-corrected chi connectivity index (χ2v) is 9.61. The lowest BCUT2D eigenvalue weighted by molar-refractivity contribution is -0.137. The fourth-order valence-electron chi connectivity index (χ4n) is 4.34. The van der Waals surface area contributed by atoms with Crippen LogP contribution in [0.15, 0.2) is 72.8 Å². The molecule has 1 fully saturated rings. The molecule has 186 valence electrons. The monoisotopic (exact) mass is 510 g/mol. The Morgan fingerprint density at radius 1 is 0.917 bits per heavy atom. The summed E-state index contributed by atoms with van der Waals surface area (Å²) < 4.78 is 44.0. The summed E-state index contributed by atoms with van der Waals surface area (Å²) in [5.74, 6) is 0.645. The van der Waals surface area contributed by atoms with Crippen LogP contribution in [0.3, 0.4) is 0 Å². The number of nitrogens with one attached hydrogen (secondary N) is 1. The topological polar surface area (TPSA) is 48.5 Å². The van der Waals surface area contributed by atoms with E-state index in [-0.39, 0.29) is 5.56 Å². The molecule has 0 unspecified atom stereocenters. The molecule has 1 N–H and O–H groups in total. The van der Waals surface area contributed by atoms with Crippen molar-refractivity contribution >= 4 is 39.0 Å². The van der Waals surface area contributed by atoms with Crippen LogP contribution in [0, 0.1) is 0 Å². The minimum Gasteiger partial charge on any atom is -0.353 e. The number of anilines is 2. The van der Waals surface area contributed by atoms with Crippen molar-refractivity contribution < 1.29 is 18.0 Å². The molecule has 3 aromatic carbocycles. The lowest BCUT2D eigenvalue weighted by Gasteiger charge is -2.35. The van der Waals surface area contributed by atoms with Gasteiger partial charge in [-0.05, 0) is 72.0 Å². The number of amides is 1. The van der Waals surface area contributed by atoms with Crippen LogP contribution >= 0.6 is 11.5 Å². The third-order valence-corrected chi connectivity index (χ3v) is 7.25. The van der Waals surface area contributed by atoms with Gasteiger partial charge in [0.2, 0.25) is 0 Å². The molecule has 0 saturated carbocycles. The summed E-state index contributed by atoms with van der Waals surface area (Å²) in [5.41, 5.74) is 1.17. The van der Waals surface area contributed by atoms with Gasteiger partial charge < -0.3 is 10.2 Å². The molecular weight excluding hydrogens is 485 g/mol. The molecule has 1 aliphatic heterocycles. The van der Waals surface area contributed by atoms with E-state index in [1.807, 2.05) is 30.3 Å². The van der Waals surface area contributed by atoms with Crippen LogP contribution in [-0.4, -0.2) is 47.9 Å². The molecular formula is C27H25F3N4OS. The molecule has 4 aromatic rings. The summed E-state index contributed by atoms with van der Waals surface area (Å²) in [6.45, 7) is 4.80. The fraction of sp³-hybridized carbons (Fsp3) is 0.259. The number of alkyl halides is 3. The normalized spacial score (nSPS) is 14.8. The Hall–Kier alpha value is -3.43. The van der Waals surface area contributed by atoms with Gasteiger partial charge in [-0.1, -0.05) is 24.3 Å². The van der Waals surface area contributed by atoms with Crippen LogP contribution in [-0.2, 0) is 12.6 Å². The van der Waals surface area contributed by atoms with E-state index in [1.165, 1.54) is 22.2 Å². The minimum atomic E-state index is -4.42. The number of hydrogen-bond donors (Lipinski definition) is 1. The van der Waals surface area contributed by atoms with Crippen molar-refractivity contribution in [2.24, 2.45) is 0 Å². The largest absolute Gasteiger partial charge is 0.416 e. The molecule has 5 rings (SSSR count). The Morgan fingerprint density at radius 2 is 1.61 bits per heavy atom. The number of benzene rings is 3. The first kappa shape index (κ1) is 24.3. The summed E-state index contributed by atoms with van der Waals surface area (Å²) in [7, 11) is 0. The highest BCUT2D eigenvalue weighted by Crippen LogP contribution is 2.30. The number of fused-ring (bicyclic) bond motifs is 1. The van der Waals surface area contributed by atoms with Crippen molar-refractivity contribution in [1.29, 1.82) is 0 Å². The van der Waals surface area contributed by atoms with Crippen LogP contribution < -0.4 is 10.2 Å². The summed E-state index contributed by atoms with van der Waals surface area (Å²) >= 11 is 1.55. The molecule has 0 radical (unpaired) electrons. The first-order valence-corrected chi connectivity index (χ1v) is 12.5. The second-order valence-electron chi connectivity index (χ2n) is 8.81. The maximum Gasteiger partial charge on any atom is 0.416 e. The zero-order valence-electron chi connectivity index (χ0n) is 19.5. The van der Waals surface area contributed by atoms with E-state index in [0.29, 0.717) is 5.69 Å². The summed E-state index contributed by atoms with van der Waals surface area (Å²) in [4.78, 5) is 17.2. The zero-order valence-corrected chi connectivity index (χ0v) is 20.3. The van der Waals surface area contributed by atoms with Gasteiger partial charge in [0.25, 0.3) is 5.91 Å². The molecule has 5 nitrogen and oxygen atoms in total. The van der Waals surface area contributed by atoms with Gasteiger partial charge in [-0.25, -0.2) is 0 Å². The number of carbonyl (C=O) groups is 1. The number of rotatable bonds is 6. The Labute approximate surface area is 211 Å². The first-order chi connectivity index (χ1) is 17.4. The van der Waals surface area contributed by atoms with Gasteiger partial charge in [-0.3, -0.25) is 9.69 Å². The van der Waals surface area contributed by atoms with E-state index in [9.17, 15) is 18.0 Å². The molecule has 1 aromatic heterocycles. The van der Waals surface area contributed by atoms with Crippen molar-refractivity contribution in [2.75, 3.05) is 42.9 Å². The molecule has 0 bridgehead atoms. The predicted molar refractivity (Wildman–Crippen MR) is 138 cm³/mol. The van der Waals surface area contributed by atoms with E-state index in [4.69, 9.17) is 0 Å². The molecule has 1 saturated heterocycles. The lowest BCUT2D eigenvalue weighted by atomic mass is 10.1. The minimum absolute atomic E-state index is 0.178. The summed E-state index contributed by atoms with van der Waals surface area (Å²) in [6.07, 6.45) is -3.53. The first-order valence-electron chi connectivity index (χ1n) is 11.8. The lowest BCUT2D eigenvalue weighted by Crippen LogP contribution is -2.47. The van der Waals surface area contributed by atoms with Crippen molar-refractivity contribution in [3.63, 3.8) is 0 Å². The van der Waals surface area contributed by atoms with E-state index >= 15 is 0 Å². The van der Waals surface area contributed by atoms with Gasteiger partial charge in [0.15, 0.2) is 0 Å². The molecule has 9 heteroatoms. The van der Waals surface area contributed by atoms with Crippen LogP contribution in [0.25, 0.3) is 10.1 Å². The number of piperazine rings is 1. The molecule has 1 amide bonds. The molecule has 0 spiro atoms. The number of aromatic nitrogens is 1. The second kappa shape index (κ2) is 10.3. The van der Waals surface area contributed by atoms with Gasteiger partial charge in [0.1, 0.15) is 5.82 Å². The van der Waals surface area contributed by atoms with Gasteiger partial charge in [-0.2, -0.15) is 17.5 Å². The number of nitrogens with zero attached hydrogens (tertiary/aromatic N) is 3. The van der Waals surface area contributed by atoms with Crippen LogP contribution in [0.5, 0.6) is 0 Å². The SMILES string of the molecule is O=C(Nc1ccc(CCN2CCN(c3nsc4ccccc34)CC2)cc1)c1ccc(C(F)(F)F)cc1. The predicted octanol–water partition coefficient (Wildman–Crippen LogP) is 5.93. The van der Waals surface area contributed by atoms with Crippen molar-refractivity contribution in [3.05, 3.63) is 89.5 Å². The van der Waals surface area contributed by atoms with Gasteiger partial charge in [-0.15, -0.1) is 0 Å². The zero-order chi connectivity index (χ0) is 25.1. The third-order valence-electron chi connectivity index (χ3n) is 6.43. The van der Waals surface area contributed by atoms with Crippen LogP contribution in [0.2, 0.25) is 0 Å². The average Bonchev–Trinajstić information content (AvgIpc) is 3.32. The molecule has 1 aliphatic rings. The Bertz CT molecular complexity index is 1330. The molecule has 0 aliphatic carbocycles. The summed E-state index contributed by atoms with van der Waals surface area (Å²) in [5, 5.41) is 3.96. The highest BCUT2D eigenvalue weighted by Gasteiger charge is 2.30. The maximum atomic E-state index is 12.7. The van der Waals surface area contributed by atoms with Gasteiger partial charge in [0, 0.05) is 49.4 Å². The van der Waals surface area contributed by atoms with Crippen LogP contribution in [0.1, 0.15) is 21.5 Å². The molecule has 36 heavy (non-hydrogen) atoms. The fourth-order valence-corrected chi connectivity index (χ4v) is 5.14. The van der Waals surface area contributed by atoms with E-state index < -0.39 is 17.6 Å². The standard InChI is InChI=1S/C27H25F3N4OS/c28-27(29,30)21-9-7-20(8-10-21)26(35)31-22-11-5-19(6-12-22)13-14-33-15-17-34(18-16-33)25-23-3-1-2-4-24(23)36-32-25/h1-12H,13-18H2,(H,31,35). The van der Waals surface area contributed by atoms with E-state index in [2.05, 4.69) is 37.7 Å². The summed E-state index contributed by atoms with van der Waals surface area (Å²) in [6, 6.07) is 20.1. The highest BCUT2D eigenvalue weighted by atomic mass is 32.1. The Kier molecular flexibility index (Phi) is 6.93. The average molecular weight is 511 g/mol. The van der Waals surface area contributed by atoms with Crippen molar-refractivity contribution in [2.45, 2.75) is 12.6 Å². The maximum absolute atomic E-state index is 12.7. The highest BCUT2D eigenvalue weighted by molar-refractivity contribution is 7.13. The molecule has 0 atom stereocenters. The third kappa shape index (κ3) is 5.52. The Balaban J connectivity index is 1.09. The number of carbonyl (C=O) groups excluding carboxylic acids is 1. The molecule has 2 heterocycles. The van der Waals surface area contributed by atoms with E-state index in [0.717, 1.165) is 62.7 Å². The number of hydrogen-bond acceptors (Lipinski definition) is 5. The van der Waals surface area contributed by atoms with Crippen LogP contribution in [0.4, 0.5) is 24.7 Å². The number of halogens is 3. The van der Waals surface area contributed by atoms with Crippen molar-refractivity contribution in [1.82, 2.24) is 9.27 Å². The van der Waals surface area contributed by atoms with Gasteiger partial charge >= 0.3 is 6.18 Å².